The first kappa shape index (κ1) is 24.9. The number of ether oxygens (including phenoxy) is 3. The number of amides is 1. The van der Waals surface area contributed by atoms with Crippen LogP contribution in [0, 0.1) is 10.1 Å². The molecule has 4 aromatic rings. The summed E-state index contributed by atoms with van der Waals surface area (Å²) in [7, 11) is 1.41. The molecule has 0 aliphatic heterocycles. The van der Waals surface area contributed by atoms with E-state index in [0.717, 1.165) is 10.8 Å². The fraction of sp³-hybridized carbons (Fsp3) is 0.0741. The number of nitro groups is 1. The molecule has 0 aromatic heterocycles. The molecule has 4 aromatic carbocycles. The number of benzene rings is 4. The van der Waals surface area contributed by atoms with Gasteiger partial charge in [-0.1, -0.05) is 30.3 Å². The molecule has 0 unspecified atom stereocenters. The fourth-order valence-corrected chi connectivity index (χ4v) is 3.34. The smallest absolute Gasteiger partial charge is 0.343 e. The van der Waals surface area contributed by atoms with Crippen LogP contribution >= 0.6 is 0 Å². The number of carbonyl (C=O) groups excluding carboxylic acids is 2. The van der Waals surface area contributed by atoms with Crippen LogP contribution in [0.3, 0.4) is 0 Å². The molecule has 0 saturated heterocycles. The number of nitrogens with zero attached hydrogens (tertiary/aromatic N) is 2. The van der Waals surface area contributed by atoms with E-state index in [-0.39, 0.29) is 29.4 Å². The van der Waals surface area contributed by atoms with Gasteiger partial charge in [-0.05, 0) is 58.8 Å². The molecule has 10 nitrogen and oxygen atoms in total. The normalized spacial score (nSPS) is 10.7. The van der Waals surface area contributed by atoms with Crippen molar-refractivity contribution in [3.63, 3.8) is 0 Å². The first-order valence-corrected chi connectivity index (χ1v) is 11.0. The zero-order valence-corrected chi connectivity index (χ0v) is 19.6. The molecular weight excluding hydrogens is 478 g/mol. The SMILES string of the molecule is COc1cc(C=NNC(=O)COc2ccc3ccccc3c2)ccc1OC(=O)c1ccc([N+](=O)[O-])cc1. The van der Waals surface area contributed by atoms with Crippen molar-refractivity contribution in [2.75, 3.05) is 13.7 Å². The summed E-state index contributed by atoms with van der Waals surface area (Å²) in [6, 6.07) is 23.1. The van der Waals surface area contributed by atoms with Crippen molar-refractivity contribution in [2.24, 2.45) is 5.10 Å². The monoisotopic (exact) mass is 499 g/mol. The molecule has 4 rings (SSSR count). The maximum absolute atomic E-state index is 12.4. The van der Waals surface area contributed by atoms with Crippen molar-refractivity contribution in [3.8, 4) is 17.2 Å². The van der Waals surface area contributed by atoms with Gasteiger partial charge in [0.25, 0.3) is 11.6 Å². The number of fused-ring (bicyclic) bond motifs is 1. The van der Waals surface area contributed by atoms with Crippen LogP contribution < -0.4 is 19.6 Å². The predicted octanol–water partition coefficient (Wildman–Crippen LogP) is 4.50. The van der Waals surface area contributed by atoms with Crippen LogP contribution in [-0.2, 0) is 4.79 Å². The number of nitrogens with one attached hydrogen (secondary N) is 1. The van der Waals surface area contributed by atoms with Crippen molar-refractivity contribution in [2.45, 2.75) is 0 Å². The number of hydrogen-bond acceptors (Lipinski definition) is 8. The Hall–Kier alpha value is -5.25. The Kier molecular flexibility index (Phi) is 7.69. The van der Waals surface area contributed by atoms with Gasteiger partial charge in [0, 0.05) is 12.1 Å². The van der Waals surface area contributed by atoms with E-state index >= 15 is 0 Å². The van der Waals surface area contributed by atoms with Crippen molar-refractivity contribution in [1.29, 1.82) is 0 Å². The van der Waals surface area contributed by atoms with E-state index in [1.165, 1.54) is 43.7 Å². The van der Waals surface area contributed by atoms with Crippen molar-refractivity contribution in [1.82, 2.24) is 5.43 Å². The van der Waals surface area contributed by atoms with E-state index < -0.39 is 16.8 Å². The summed E-state index contributed by atoms with van der Waals surface area (Å²) < 4.78 is 16.2. The average Bonchev–Trinajstić information content (AvgIpc) is 2.92. The van der Waals surface area contributed by atoms with Gasteiger partial charge in [0.1, 0.15) is 5.75 Å². The van der Waals surface area contributed by atoms with Crippen LogP contribution in [0.15, 0.2) is 90.0 Å². The minimum atomic E-state index is -0.701. The number of esters is 1. The summed E-state index contributed by atoms with van der Waals surface area (Å²) in [5, 5.41) is 16.8. The van der Waals surface area contributed by atoms with Gasteiger partial charge in [0.2, 0.25) is 0 Å². The third kappa shape index (κ3) is 6.45. The Morgan fingerprint density at radius 3 is 2.43 bits per heavy atom. The molecule has 0 atom stereocenters. The molecule has 186 valence electrons. The second kappa shape index (κ2) is 11.5. The van der Waals surface area contributed by atoms with Crippen molar-refractivity contribution in [3.05, 3.63) is 106 Å². The van der Waals surface area contributed by atoms with E-state index in [1.54, 1.807) is 18.2 Å². The van der Waals surface area contributed by atoms with Crippen LogP contribution in [0.2, 0.25) is 0 Å². The number of non-ortho nitro benzene ring substituents is 1. The van der Waals surface area contributed by atoms with E-state index in [9.17, 15) is 19.7 Å². The first-order valence-electron chi connectivity index (χ1n) is 11.0. The molecule has 37 heavy (non-hydrogen) atoms. The number of rotatable bonds is 9. The molecule has 0 radical (unpaired) electrons. The molecular formula is C27H21N3O7. The van der Waals surface area contributed by atoms with Crippen LogP contribution in [0.4, 0.5) is 5.69 Å². The lowest BCUT2D eigenvalue weighted by Crippen LogP contribution is -2.24. The van der Waals surface area contributed by atoms with Crippen LogP contribution in [0.5, 0.6) is 17.2 Å². The number of nitro benzene ring substituents is 1. The minimum absolute atomic E-state index is 0.134. The highest BCUT2D eigenvalue weighted by molar-refractivity contribution is 5.92. The van der Waals surface area contributed by atoms with Gasteiger partial charge in [-0.25, -0.2) is 10.2 Å². The lowest BCUT2D eigenvalue weighted by Gasteiger charge is -2.10. The molecule has 10 heteroatoms. The van der Waals surface area contributed by atoms with E-state index in [0.29, 0.717) is 11.3 Å². The van der Waals surface area contributed by atoms with E-state index in [1.807, 2.05) is 36.4 Å². The van der Waals surface area contributed by atoms with E-state index in [2.05, 4.69) is 10.5 Å². The molecule has 0 aliphatic carbocycles. The van der Waals surface area contributed by atoms with Gasteiger partial charge >= 0.3 is 5.97 Å². The summed E-state index contributed by atoms with van der Waals surface area (Å²) in [5.74, 6) is -0.166. The maximum atomic E-state index is 12.4. The Morgan fingerprint density at radius 2 is 1.70 bits per heavy atom. The highest BCUT2D eigenvalue weighted by Gasteiger charge is 2.14. The number of hydrazone groups is 1. The van der Waals surface area contributed by atoms with E-state index in [4.69, 9.17) is 14.2 Å². The molecule has 0 heterocycles. The number of methoxy groups -OCH3 is 1. The van der Waals surface area contributed by atoms with Gasteiger partial charge in [-0.15, -0.1) is 0 Å². The number of hydrogen-bond donors (Lipinski definition) is 1. The van der Waals surface area contributed by atoms with Crippen LogP contribution in [0.25, 0.3) is 10.8 Å². The zero-order chi connectivity index (χ0) is 26.2. The predicted molar refractivity (Wildman–Crippen MR) is 136 cm³/mol. The highest BCUT2D eigenvalue weighted by atomic mass is 16.6. The highest BCUT2D eigenvalue weighted by Crippen LogP contribution is 2.28. The lowest BCUT2D eigenvalue weighted by molar-refractivity contribution is -0.384. The van der Waals surface area contributed by atoms with Crippen LogP contribution in [-0.4, -0.2) is 36.7 Å². The standard InChI is InChI=1S/C27H21N3O7/c1-35-25-14-18(6-13-24(25)37-27(32)20-7-10-22(11-8-20)30(33)34)16-28-29-26(31)17-36-23-12-9-19-4-2-3-5-21(19)15-23/h2-16H,17H2,1H3,(H,29,31). The number of carbonyl (C=O) groups is 2. The molecule has 0 saturated carbocycles. The summed E-state index contributed by atoms with van der Waals surface area (Å²) in [4.78, 5) is 34.7. The molecule has 0 bridgehead atoms. The Labute approximate surface area is 211 Å². The largest absolute Gasteiger partial charge is 0.493 e. The molecule has 1 amide bonds. The Bertz CT molecular complexity index is 1480. The summed E-state index contributed by atoms with van der Waals surface area (Å²) >= 11 is 0. The quantitative estimate of drug-likeness (QED) is 0.118. The zero-order valence-electron chi connectivity index (χ0n) is 19.6. The van der Waals surface area contributed by atoms with Crippen molar-refractivity contribution >= 4 is 34.6 Å². The summed E-state index contributed by atoms with van der Waals surface area (Å²) in [6.07, 6.45) is 1.40. The van der Waals surface area contributed by atoms with Gasteiger partial charge < -0.3 is 14.2 Å². The molecule has 0 fully saturated rings. The summed E-state index contributed by atoms with van der Waals surface area (Å²) in [5.41, 5.74) is 2.97. The summed E-state index contributed by atoms with van der Waals surface area (Å²) in [6.45, 7) is -0.212. The lowest BCUT2D eigenvalue weighted by atomic mass is 10.1. The maximum Gasteiger partial charge on any atom is 0.343 e. The van der Waals surface area contributed by atoms with Gasteiger partial charge in [0.05, 0.1) is 23.8 Å². The molecule has 1 N–H and O–H groups in total. The second-order valence-corrected chi connectivity index (χ2v) is 7.69. The molecule has 0 aliphatic rings. The third-order valence-corrected chi connectivity index (χ3v) is 5.20. The Morgan fingerprint density at radius 1 is 0.946 bits per heavy atom. The van der Waals surface area contributed by atoms with Gasteiger partial charge in [0.15, 0.2) is 18.1 Å². The minimum Gasteiger partial charge on any atom is -0.493 e. The fourth-order valence-electron chi connectivity index (χ4n) is 3.34. The van der Waals surface area contributed by atoms with Crippen molar-refractivity contribution < 1.29 is 28.7 Å². The van der Waals surface area contributed by atoms with Gasteiger partial charge in [-0.3, -0.25) is 14.9 Å². The Balaban J connectivity index is 1.32. The van der Waals surface area contributed by atoms with Gasteiger partial charge in [-0.2, -0.15) is 5.10 Å². The second-order valence-electron chi connectivity index (χ2n) is 7.69. The molecule has 0 spiro atoms. The third-order valence-electron chi connectivity index (χ3n) is 5.20. The van der Waals surface area contributed by atoms with Crippen LogP contribution in [0.1, 0.15) is 15.9 Å². The first-order chi connectivity index (χ1) is 17.9. The topological polar surface area (TPSA) is 129 Å². The average molecular weight is 499 g/mol.